The van der Waals surface area contributed by atoms with Gasteiger partial charge in [-0.15, -0.1) is 11.3 Å². The summed E-state index contributed by atoms with van der Waals surface area (Å²) in [7, 11) is 1.83. The Morgan fingerprint density at radius 3 is 2.62 bits per heavy atom. The number of aromatic nitrogens is 5. The molecule has 0 aliphatic carbocycles. The maximum absolute atomic E-state index is 12.1. The molecular weight excluding hydrogens is 432 g/mol. The summed E-state index contributed by atoms with van der Waals surface area (Å²) in [6, 6.07) is -0.363. The van der Waals surface area contributed by atoms with Crippen LogP contribution in [0, 0.1) is 0 Å². The summed E-state index contributed by atoms with van der Waals surface area (Å²) in [5, 5.41) is 7.64. The highest BCUT2D eigenvalue weighted by atomic mass is 32.1. The summed E-state index contributed by atoms with van der Waals surface area (Å²) in [4.78, 5) is 44.7. The summed E-state index contributed by atoms with van der Waals surface area (Å²) in [5.41, 5.74) is 1.47. The number of amides is 2. The minimum absolute atomic E-state index is 0.213. The third-order valence-electron chi connectivity index (χ3n) is 5.10. The highest BCUT2D eigenvalue weighted by Crippen LogP contribution is 2.32. The van der Waals surface area contributed by atoms with Crippen LogP contribution in [0.1, 0.15) is 43.6 Å². The van der Waals surface area contributed by atoms with Crippen molar-refractivity contribution in [3.8, 4) is 10.8 Å². The standard InChI is InChI=1S/C20H26N8O3S/c1-4-21-20(30)26-19-24-14-13(15(25-19)28-9-7-6-8-10-28)23-16(27(14)3)17-22-12(11-32-17)18(29)31-5-2/h11H,4-10H2,1-3H3,(H2,21,24,25,26,30). The van der Waals surface area contributed by atoms with Gasteiger partial charge in [0.1, 0.15) is 0 Å². The van der Waals surface area contributed by atoms with Crippen LogP contribution in [-0.4, -0.2) is 62.7 Å². The Morgan fingerprint density at radius 2 is 1.91 bits per heavy atom. The van der Waals surface area contributed by atoms with E-state index in [1.807, 2.05) is 14.0 Å². The number of piperidine rings is 1. The first-order valence-electron chi connectivity index (χ1n) is 10.7. The number of urea groups is 1. The van der Waals surface area contributed by atoms with E-state index in [-0.39, 0.29) is 24.3 Å². The van der Waals surface area contributed by atoms with Crippen LogP contribution in [0.25, 0.3) is 22.0 Å². The second-order valence-electron chi connectivity index (χ2n) is 7.33. The zero-order valence-corrected chi connectivity index (χ0v) is 19.2. The van der Waals surface area contributed by atoms with E-state index < -0.39 is 5.97 Å². The molecule has 0 aromatic carbocycles. The third kappa shape index (κ3) is 4.35. The first kappa shape index (κ1) is 21.9. The second-order valence-corrected chi connectivity index (χ2v) is 8.19. The molecular formula is C20H26N8O3S. The Bertz CT molecular complexity index is 1140. The van der Waals surface area contributed by atoms with Crippen molar-refractivity contribution < 1.29 is 14.3 Å². The molecule has 3 aromatic heterocycles. The summed E-state index contributed by atoms with van der Waals surface area (Å²) in [6.07, 6.45) is 3.32. The van der Waals surface area contributed by atoms with Crippen LogP contribution in [0.3, 0.4) is 0 Å². The lowest BCUT2D eigenvalue weighted by atomic mass is 10.1. The molecule has 0 spiro atoms. The maximum atomic E-state index is 12.1. The number of imidazole rings is 1. The number of esters is 1. The van der Waals surface area contributed by atoms with Crippen LogP contribution in [0.2, 0.25) is 0 Å². The van der Waals surface area contributed by atoms with Gasteiger partial charge in [-0.2, -0.15) is 9.97 Å². The molecule has 0 atom stereocenters. The molecule has 2 N–H and O–H groups in total. The number of carbonyl (C=O) groups is 2. The molecule has 1 aliphatic heterocycles. The Kier molecular flexibility index (Phi) is 6.49. The Labute approximate surface area is 189 Å². The largest absolute Gasteiger partial charge is 0.461 e. The van der Waals surface area contributed by atoms with Crippen molar-refractivity contribution >= 4 is 46.3 Å². The Hall–Kier alpha value is -3.28. The maximum Gasteiger partial charge on any atom is 0.357 e. The van der Waals surface area contributed by atoms with Gasteiger partial charge in [-0.05, 0) is 33.1 Å². The number of hydrogen-bond acceptors (Lipinski definition) is 9. The number of nitrogens with one attached hydrogen (secondary N) is 2. The molecule has 1 aliphatic rings. The number of rotatable bonds is 6. The van der Waals surface area contributed by atoms with Crippen LogP contribution < -0.4 is 15.5 Å². The fourth-order valence-corrected chi connectivity index (χ4v) is 4.41. The highest BCUT2D eigenvalue weighted by Gasteiger charge is 2.24. The van der Waals surface area contributed by atoms with Gasteiger partial charge in [0.2, 0.25) is 5.95 Å². The van der Waals surface area contributed by atoms with Crippen molar-refractivity contribution in [1.82, 2.24) is 29.8 Å². The number of nitrogens with zero attached hydrogens (tertiary/aromatic N) is 6. The average Bonchev–Trinajstić information content (AvgIpc) is 3.40. The van der Waals surface area contributed by atoms with Gasteiger partial charge < -0.3 is 19.5 Å². The van der Waals surface area contributed by atoms with Gasteiger partial charge in [-0.3, -0.25) is 5.32 Å². The van der Waals surface area contributed by atoms with Gasteiger partial charge in [-0.1, -0.05) is 0 Å². The minimum atomic E-state index is -0.462. The number of hydrogen-bond donors (Lipinski definition) is 2. The first-order valence-corrected chi connectivity index (χ1v) is 11.6. The lowest BCUT2D eigenvalue weighted by Crippen LogP contribution is -2.32. The molecule has 0 bridgehead atoms. The predicted molar refractivity (Wildman–Crippen MR) is 122 cm³/mol. The van der Waals surface area contributed by atoms with Crippen molar-refractivity contribution in [3.63, 3.8) is 0 Å². The van der Waals surface area contributed by atoms with Crippen molar-refractivity contribution in [1.29, 1.82) is 0 Å². The zero-order valence-electron chi connectivity index (χ0n) is 18.3. The van der Waals surface area contributed by atoms with E-state index >= 15 is 0 Å². The lowest BCUT2D eigenvalue weighted by Gasteiger charge is -2.27. The normalized spacial score (nSPS) is 13.9. The number of thiazole rings is 1. The average molecular weight is 459 g/mol. The topological polar surface area (TPSA) is 127 Å². The summed E-state index contributed by atoms with van der Waals surface area (Å²) in [5.74, 6) is 1.01. The third-order valence-corrected chi connectivity index (χ3v) is 5.94. The van der Waals surface area contributed by atoms with Crippen LogP contribution in [0.4, 0.5) is 16.6 Å². The predicted octanol–water partition coefficient (Wildman–Crippen LogP) is 2.80. The van der Waals surface area contributed by atoms with Gasteiger partial charge >= 0.3 is 12.0 Å². The van der Waals surface area contributed by atoms with E-state index in [9.17, 15) is 9.59 Å². The lowest BCUT2D eigenvalue weighted by molar-refractivity contribution is 0.0520. The second kappa shape index (κ2) is 9.47. The fraction of sp³-hybridized carbons (Fsp3) is 0.500. The number of anilines is 2. The summed E-state index contributed by atoms with van der Waals surface area (Å²) < 4.78 is 6.85. The molecule has 2 amide bonds. The van der Waals surface area contributed by atoms with Gasteiger partial charge in [0.25, 0.3) is 0 Å². The van der Waals surface area contributed by atoms with E-state index in [4.69, 9.17) is 9.72 Å². The van der Waals surface area contributed by atoms with E-state index in [2.05, 4.69) is 30.5 Å². The number of carbonyl (C=O) groups excluding carboxylic acids is 2. The van der Waals surface area contributed by atoms with Gasteiger partial charge in [0, 0.05) is 32.1 Å². The van der Waals surface area contributed by atoms with Crippen LogP contribution in [0.15, 0.2) is 5.38 Å². The van der Waals surface area contributed by atoms with Crippen LogP contribution >= 0.6 is 11.3 Å². The Balaban J connectivity index is 1.78. The van der Waals surface area contributed by atoms with E-state index in [1.165, 1.54) is 17.8 Å². The van der Waals surface area contributed by atoms with Crippen molar-refractivity contribution in [2.75, 3.05) is 36.5 Å². The molecule has 12 heteroatoms. The first-order chi connectivity index (χ1) is 15.5. The summed E-state index contributed by atoms with van der Waals surface area (Å²) >= 11 is 1.31. The minimum Gasteiger partial charge on any atom is -0.461 e. The Morgan fingerprint density at radius 1 is 1.12 bits per heavy atom. The number of fused-ring (bicyclic) bond motifs is 1. The van der Waals surface area contributed by atoms with E-state index in [1.54, 1.807) is 16.9 Å². The monoisotopic (exact) mass is 458 g/mol. The molecule has 3 aromatic rings. The van der Waals surface area contributed by atoms with Crippen molar-refractivity contribution in [3.05, 3.63) is 11.1 Å². The molecule has 0 radical (unpaired) electrons. The SMILES string of the molecule is CCNC(=O)Nc1nc(N2CCCCC2)c2nc(-c3nc(C(=O)OCC)cs3)n(C)c2n1. The molecule has 0 saturated carbocycles. The number of aryl methyl sites for hydroxylation is 1. The fourth-order valence-electron chi connectivity index (χ4n) is 3.60. The number of ether oxygens (including phenoxy) is 1. The smallest absolute Gasteiger partial charge is 0.357 e. The molecule has 4 heterocycles. The highest BCUT2D eigenvalue weighted by molar-refractivity contribution is 7.13. The van der Waals surface area contributed by atoms with Gasteiger partial charge in [0.05, 0.1) is 6.61 Å². The van der Waals surface area contributed by atoms with Gasteiger partial charge in [0.15, 0.2) is 33.5 Å². The van der Waals surface area contributed by atoms with E-state index in [0.29, 0.717) is 34.4 Å². The zero-order chi connectivity index (χ0) is 22.7. The molecule has 4 rings (SSSR count). The van der Waals surface area contributed by atoms with Gasteiger partial charge in [-0.25, -0.2) is 19.6 Å². The van der Waals surface area contributed by atoms with Crippen LogP contribution in [-0.2, 0) is 11.8 Å². The van der Waals surface area contributed by atoms with Crippen molar-refractivity contribution in [2.24, 2.45) is 7.05 Å². The quantitative estimate of drug-likeness (QED) is 0.540. The molecule has 11 nitrogen and oxygen atoms in total. The van der Waals surface area contributed by atoms with Crippen molar-refractivity contribution in [2.45, 2.75) is 33.1 Å². The molecule has 0 unspecified atom stereocenters. The molecule has 32 heavy (non-hydrogen) atoms. The molecule has 1 saturated heterocycles. The van der Waals surface area contributed by atoms with E-state index in [0.717, 1.165) is 25.9 Å². The molecule has 1 fully saturated rings. The van der Waals surface area contributed by atoms with Crippen LogP contribution in [0.5, 0.6) is 0 Å². The summed E-state index contributed by atoms with van der Waals surface area (Å²) in [6.45, 7) is 6.11. The molecule has 170 valence electrons.